The Labute approximate surface area is 130 Å². The summed E-state index contributed by atoms with van der Waals surface area (Å²) in [6, 6.07) is 3.86. The summed E-state index contributed by atoms with van der Waals surface area (Å²) in [5.74, 6) is -0.494. The van der Waals surface area contributed by atoms with Crippen molar-refractivity contribution in [2.24, 2.45) is 0 Å². The highest BCUT2D eigenvalue weighted by Crippen LogP contribution is 2.28. The van der Waals surface area contributed by atoms with E-state index >= 15 is 0 Å². The first-order valence-corrected chi connectivity index (χ1v) is 8.29. The van der Waals surface area contributed by atoms with Gasteiger partial charge in [0, 0.05) is 16.8 Å². The number of nitrogens with zero attached hydrogens (tertiary/aromatic N) is 2. The van der Waals surface area contributed by atoms with E-state index in [0.717, 1.165) is 20.1 Å². The Bertz CT molecular complexity index is 607. The summed E-state index contributed by atoms with van der Waals surface area (Å²) >= 11 is 8.73. The third-order valence-corrected chi connectivity index (χ3v) is 4.90. The number of hydrogen-bond donors (Lipinski definition) is 1. The molecule has 0 aromatic carbocycles. The Kier molecular flexibility index (Phi) is 5.12. The Hall–Kier alpha value is -0.980. The molecule has 0 atom stereocenters. The quantitative estimate of drug-likeness (QED) is 0.815. The third kappa shape index (κ3) is 3.77. The van der Waals surface area contributed by atoms with E-state index in [9.17, 15) is 4.79 Å². The van der Waals surface area contributed by atoms with Gasteiger partial charge in [-0.3, -0.25) is 4.79 Å². The standard InChI is InChI=1S/C13H15ClN2O2S2/c1-8(2)10-5-15-13(19-7-12(17)18)16(10)6-9-3-4-11(14)20-9/h3-5,8H,6-7H2,1-2H3,(H,17,18). The number of thiophene rings is 1. The van der Waals surface area contributed by atoms with Crippen LogP contribution in [0.25, 0.3) is 0 Å². The number of aromatic nitrogens is 2. The van der Waals surface area contributed by atoms with Crippen molar-refractivity contribution < 1.29 is 9.90 Å². The van der Waals surface area contributed by atoms with E-state index in [1.54, 1.807) is 0 Å². The van der Waals surface area contributed by atoms with Crippen molar-refractivity contribution in [2.75, 3.05) is 5.75 Å². The number of halogens is 1. The van der Waals surface area contributed by atoms with Crippen LogP contribution in [-0.2, 0) is 11.3 Å². The molecule has 0 aliphatic carbocycles. The lowest BCUT2D eigenvalue weighted by atomic mass is 10.1. The molecule has 0 aliphatic heterocycles. The fraction of sp³-hybridized carbons (Fsp3) is 0.385. The fourth-order valence-electron chi connectivity index (χ4n) is 1.82. The number of thioether (sulfide) groups is 1. The summed E-state index contributed by atoms with van der Waals surface area (Å²) in [5.41, 5.74) is 1.10. The average Bonchev–Trinajstić information content (AvgIpc) is 2.94. The molecule has 0 amide bonds. The molecule has 2 heterocycles. The van der Waals surface area contributed by atoms with Crippen LogP contribution in [0.15, 0.2) is 23.5 Å². The van der Waals surface area contributed by atoms with Crippen LogP contribution in [0.1, 0.15) is 30.3 Å². The first kappa shape index (κ1) is 15.4. The van der Waals surface area contributed by atoms with Crippen LogP contribution in [-0.4, -0.2) is 26.4 Å². The highest BCUT2D eigenvalue weighted by Gasteiger charge is 2.15. The fourth-order valence-corrected chi connectivity index (χ4v) is 3.61. The smallest absolute Gasteiger partial charge is 0.313 e. The van der Waals surface area contributed by atoms with Gasteiger partial charge in [-0.2, -0.15) is 0 Å². The Morgan fingerprint density at radius 2 is 2.30 bits per heavy atom. The van der Waals surface area contributed by atoms with Crippen LogP contribution in [0.2, 0.25) is 4.34 Å². The zero-order valence-electron chi connectivity index (χ0n) is 11.2. The minimum atomic E-state index is -0.838. The number of carboxylic acids is 1. The van der Waals surface area contributed by atoms with Gasteiger partial charge in [-0.25, -0.2) is 4.98 Å². The summed E-state index contributed by atoms with van der Waals surface area (Å²) < 4.78 is 2.83. The number of rotatable bonds is 6. The molecule has 2 aromatic heterocycles. The van der Waals surface area contributed by atoms with E-state index in [0.29, 0.717) is 12.5 Å². The van der Waals surface area contributed by atoms with Gasteiger partial charge < -0.3 is 9.67 Å². The second kappa shape index (κ2) is 6.65. The molecule has 1 N–H and O–H groups in total. The molecular formula is C13H15ClN2O2S2. The van der Waals surface area contributed by atoms with Crippen molar-refractivity contribution in [2.45, 2.75) is 31.5 Å². The van der Waals surface area contributed by atoms with Gasteiger partial charge in [0.1, 0.15) is 0 Å². The van der Waals surface area contributed by atoms with Crippen molar-refractivity contribution in [3.8, 4) is 0 Å². The highest BCUT2D eigenvalue weighted by atomic mass is 35.5. The van der Waals surface area contributed by atoms with Crippen LogP contribution in [0.5, 0.6) is 0 Å². The van der Waals surface area contributed by atoms with Crippen molar-refractivity contribution in [1.29, 1.82) is 0 Å². The topological polar surface area (TPSA) is 55.1 Å². The monoisotopic (exact) mass is 330 g/mol. The first-order valence-electron chi connectivity index (χ1n) is 6.11. The SMILES string of the molecule is CC(C)c1cnc(SCC(=O)O)n1Cc1ccc(Cl)s1. The van der Waals surface area contributed by atoms with Crippen molar-refractivity contribution in [3.63, 3.8) is 0 Å². The molecule has 0 bridgehead atoms. The molecule has 20 heavy (non-hydrogen) atoms. The van der Waals surface area contributed by atoms with Gasteiger partial charge >= 0.3 is 5.97 Å². The predicted octanol–water partition coefficient (Wildman–Crippen LogP) is 3.95. The molecule has 0 aliphatic rings. The third-order valence-electron chi connectivity index (χ3n) is 2.71. The van der Waals surface area contributed by atoms with Crippen LogP contribution in [0.4, 0.5) is 0 Å². The summed E-state index contributed by atoms with van der Waals surface area (Å²) in [6.07, 6.45) is 1.82. The molecule has 7 heteroatoms. The minimum absolute atomic E-state index is 0.0136. The average molecular weight is 331 g/mol. The van der Waals surface area contributed by atoms with Crippen molar-refractivity contribution in [3.05, 3.63) is 33.2 Å². The highest BCUT2D eigenvalue weighted by molar-refractivity contribution is 7.99. The maximum Gasteiger partial charge on any atom is 0.313 e. The number of imidazole rings is 1. The summed E-state index contributed by atoms with van der Waals surface area (Å²) in [6.45, 7) is 4.87. The number of aliphatic carboxylic acids is 1. The van der Waals surface area contributed by atoms with Gasteiger partial charge in [-0.05, 0) is 18.1 Å². The maximum absolute atomic E-state index is 10.7. The Balaban J connectivity index is 2.26. The van der Waals surface area contributed by atoms with E-state index in [4.69, 9.17) is 16.7 Å². The normalized spacial score (nSPS) is 11.2. The summed E-state index contributed by atoms with van der Waals surface area (Å²) in [5, 5.41) is 9.54. The summed E-state index contributed by atoms with van der Waals surface area (Å²) in [4.78, 5) is 16.2. The van der Waals surface area contributed by atoms with Gasteiger partial charge in [0.05, 0.1) is 16.6 Å². The lowest BCUT2D eigenvalue weighted by Crippen LogP contribution is -2.07. The predicted molar refractivity (Wildman–Crippen MR) is 83.1 cm³/mol. The van der Waals surface area contributed by atoms with Crippen LogP contribution < -0.4 is 0 Å². The molecule has 0 fully saturated rings. The molecule has 4 nitrogen and oxygen atoms in total. The Morgan fingerprint density at radius 1 is 1.55 bits per heavy atom. The number of carbonyl (C=O) groups is 1. The van der Waals surface area contributed by atoms with Gasteiger partial charge in [0.25, 0.3) is 0 Å². The zero-order chi connectivity index (χ0) is 14.7. The van der Waals surface area contributed by atoms with Crippen LogP contribution in [0, 0.1) is 0 Å². The van der Waals surface area contributed by atoms with E-state index in [1.165, 1.54) is 23.1 Å². The second-order valence-corrected chi connectivity index (χ2v) is 7.34. The molecule has 108 valence electrons. The maximum atomic E-state index is 10.7. The van der Waals surface area contributed by atoms with Crippen LogP contribution in [0.3, 0.4) is 0 Å². The molecule has 2 aromatic rings. The molecular weight excluding hydrogens is 316 g/mol. The zero-order valence-corrected chi connectivity index (χ0v) is 13.6. The minimum Gasteiger partial charge on any atom is -0.481 e. The van der Waals surface area contributed by atoms with E-state index in [1.807, 2.05) is 18.3 Å². The lowest BCUT2D eigenvalue weighted by molar-refractivity contribution is -0.133. The first-order chi connectivity index (χ1) is 9.47. The number of carboxylic acid groups (broad SMARTS) is 1. The van der Waals surface area contributed by atoms with E-state index < -0.39 is 5.97 Å². The van der Waals surface area contributed by atoms with Gasteiger partial charge in [0.15, 0.2) is 5.16 Å². The molecule has 0 unspecified atom stereocenters. The van der Waals surface area contributed by atoms with Crippen molar-refractivity contribution >= 4 is 40.7 Å². The molecule has 0 saturated heterocycles. The van der Waals surface area contributed by atoms with Crippen LogP contribution >= 0.6 is 34.7 Å². The number of hydrogen-bond acceptors (Lipinski definition) is 4. The molecule has 2 rings (SSSR count). The van der Waals surface area contributed by atoms with Gasteiger partial charge in [-0.15, -0.1) is 11.3 Å². The van der Waals surface area contributed by atoms with E-state index in [2.05, 4.69) is 23.4 Å². The molecule has 0 spiro atoms. The summed E-state index contributed by atoms with van der Waals surface area (Å²) in [7, 11) is 0. The van der Waals surface area contributed by atoms with Crippen molar-refractivity contribution in [1.82, 2.24) is 9.55 Å². The van der Waals surface area contributed by atoms with Gasteiger partial charge in [-0.1, -0.05) is 37.2 Å². The van der Waals surface area contributed by atoms with E-state index in [-0.39, 0.29) is 5.75 Å². The molecule has 0 radical (unpaired) electrons. The molecule has 0 saturated carbocycles. The second-order valence-electron chi connectivity index (χ2n) is 4.59. The lowest BCUT2D eigenvalue weighted by Gasteiger charge is -2.12. The largest absolute Gasteiger partial charge is 0.481 e. The van der Waals surface area contributed by atoms with Gasteiger partial charge in [0.2, 0.25) is 0 Å². The Morgan fingerprint density at radius 3 is 2.85 bits per heavy atom.